The average Bonchev–Trinajstić information content (AvgIpc) is 2.29. The fourth-order valence-electron chi connectivity index (χ4n) is 2.05. The number of rotatable bonds is 6. The molecule has 15 heavy (non-hydrogen) atoms. The van der Waals surface area contributed by atoms with Crippen LogP contribution >= 0.6 is 0 Å². The predicted molar refractivity (Wildman–Crippen MR) is 63.8 cm³/mol. The average molecular weight is 208 g/mol. The van der Waals surface area contributed by atoms with Crippen molar-refractivity contribution in [3.05, 3.63) is 35.4 Å². The second-order valence-corrected chi connectivity index (χ2v) is 4.15. The first-order valence-electron chi connectivity index (χ1n) is 5.96. The molecule has 0 spiro atoms. The zero-order valence-electron chi connectivity index (χ0n) is 9.80. The van der Waals surface area contributed by atoms with E-state index in [4.69, 9.17) is 0 Å². The minimum atomic E-state index is -0.355. The molecule has 84 valence electrons. The molecule has 0 heterocycles. The molecule has 0 amide bonds. The molecule has 0 fully saturated rings. The van der Waals surface area contributed by atoms with E-state index in [1.165, 1.54) is 31.2 Å². The highest BCUT2D eigenvalue weighted by atomic mass is 19.1. The Morgan fingerprint density at radius 1 is 1.00 bits per heavy atom. The van der Waals surface area contributed by atoms with Crippen molar-refractivity contribution in [1.29, 1.82) is 0 Å². The van der Waals surface area contributed by atoms with Crippen molar-refractivity contribution >= 4 is 0 Å². The fourth-order valence-corrected chi connectivity index (χ4v) is 2.05. The van der Waals surface area contributed by atoms with Crippen molar-refractivity contribution in [3.8, 4) is 0 Å². The molecule has 0 saturated heterocycles. The topological polar surface area (TPSA) is 0 Å². The summed E-state index contributed by atoms with van der Waals surface area (Å²) >= 11 is 0. The van der Waals surface area contributed by atoms with Crippen LogP contribution in [0.4, 0.5) is 4.39 Å². The lowest BCUT2D eigenvalue weighted by molar-refractivity contribution is 0.485. The van der Waals surface area contributed by atoms with Crippen molar-refractivity contribution < 1.29 is 4.39 Å². The Kier molecular flexibility index (Phi) is 5.38. The second-order valence-electron chi connectivity index (χ2n) is 4.15. The van der Waals surface area contributed by atoms with E-state index in [0.29, 0.717) is 5.92 Å². The van der Waals surface area contributed by atoms with Gasteiger partial charge in [0.1, 0.15) is 6.67 Å². The van der Waals surface area contributed by atoms with Gasteiger partial charge in [-0.2, -0.15) is 0 Å². The van der Waals surface area contributed by atoms with Gasteiger partial charge in [-0.15, -0.1) is 0 Å². The first-order chi connectivity index (χ1) is 7.31. The van der Waals surface area contributed by atoms with Gasteiger partial charge in [0.15, 0.2) is 0 Å². The molecule has 0 saturated carbocycles. The first-order valence-corrected chi connectivity index (χ1v) is 5.96. The number of hydrogen-bond acceptors (Lipinski definition) is 0. The minimum absolute atomic E-state index is 0.355. The van der Waals surface area contributed by atoms with Crippen LogP contribution < -0.4 is 0 Å². The third kappa shape index (κ3) is 3.65. The van der Waals surface area contributed by atoms with Crippen molar-refractivity contribution in [1.82, 2.24) is 0 Å². The Morgan fingerprint density at radius 3 is 1.93 bits per heavy atom. The predicted octanol–water partition coefficient (Wildman–Crippen LogP) is 4.84. The molecule has 1 aromatic carbocycles. The normalized spacial score (nSPS) is 10.9. The van der Waals surface area contributed by atoms with Crippen molar-refractivity contribution in [2.45, 2.75) is 52.1 Å². The standard InChI is InChI=1S/C14H21F/c1-3-5-13(6-4-2)14-9-7-12(11-15)8-10-14/h7-10,13H,3-6,11H2,1-2H3. The highest BCUT2D eigenvalue weighted by Crippen LogP contribution is 2.26. The smallest absolute Gasteiger partial charge is 0.115 e. The molecule has 0 N–H and O–H groups in total. The molecule has 0 aromatic heterocycles. The van der Waals surface area contributed by atoms with E-state index < -0.39 is 0 Å². The molecule has 0 atom stereocenters. The van der Waals surface area contributed by atoms with Gasteiger partial charge in [-0.1, -0.05) is 51.0 Å². The van der Waals surface area contributed by atoms with Crippen LogP contribution in [-0.4, -0.2) is 0 Å². The molecule has 0 nitrogen and oxygen atoms in total. The maximum atomic E-state index is 12.4. The Bertz CT molecular complexity index is 257. The number of hydrogen-bond donors (Lipinski definition) is 0. The largest absolute Gasteiger partial charge is 0.246 e. The number of halogens is 1. The summed E-state index contributed by atoms with van der Waals surface area (Å²) in [5.41, 5.74) is 2.15. The Hall–Kier alpha value is -0.850. The Morgan fingerprint density at radius 2 is 1.53 bits per heavy atom. The van der Waals surface area contributed by atoms with Crippen molar-refractivity contribution in [3.63, 3.8) is 0 Å². The van der Waals surface area contributed by atoms with Crippen LogP contribution in [0.15, 0.2) is 24.3 Å². The van der Waals surface area contributed by atoms with E-state index in [2.05, 4.69) is 26.0 Å². The van der Waals surface area contributed by atoms with Gasteiger partial charge in [0.05, 0.1) is 0 Å². The van der Waals surface area contributed by atoms with Crippen LogP contribution in [0.1, 0.15) is 56.6 Å². The maximum absolute atomic E-state index is 12.4. The van der Waals surface area contributed by atoms with Gasteiger partial charge in [-0.3, -0.25) is 0 Å². The lowest BCUT2D eigenvalue weighted by Crippen LogP contribution is -1.98. The van der Waals surface area contributed by atoms with Gasteiger partial charge >= 0.3 is 0 Å². The SMILES string of the molecule is CCCC(CCC)c1ccc(CF)cc1. The highest BCUT2D eigenvalue weighted by molar-refractivity contribution is 5.25. The molecule has 0 aliphatic carbocycles. The molecule has 1 heteroatoms. The first kappa shape index (κ1) is 12.2. The van der Waals surface area contributed by atoms with Gasteiger partial charge in [0, 0.05) is 0 Å². The molecule has 0 unspecified atom stereocenters. The summed E-state index contributed by atoms with van der Waals surface area (Å²) in [5.74, 6) is 0.661. The van der Waals surface area contributed by atoms with E-state index in [1.54, 1.807) is 0 Å². The number of alkyl halides is 1. The fraction of sp³-hybridized carbons (Fsp3) is 0.571. The van der Waals surface area contributed by atoms with Gasteiger partial charge in [0.25, 0.3) is 0 Å². The zero-order chi connectivity index (χ0) is 11.1. The lowest BCUT2D eigenvalue weighted by Gasteiger charge is -2.15. The lowest BCUT2D eigenvalue weighted by atomic mass is 9.90. The van der Waals surface area contributed by atoms with Crippen LogP contribution in [-0.2, 0) is 6.67 Å². The summed E-state index contributed by atoms with van der Waals surface area (Å²) in [4.78, 5) is 0. The summed E-state index contributed by atoms with van der Waals surface area (Å²) in [6.07, 6.45) is 4.91. The monoisotopic (exact) mass is 208 g/mol. The van der Waals surface area contributed by atoms with Gasteiger partial charge in [-0.25, -0.2) is 4.39 Å². The van der Waals surface area contributed by atoms with E-state index >= 15 is 0 Å². The maximum Gasteiger partial charge on any atom is 0.115 e. The summed E-state index contributed by atoms with van der Waals surface area (Å²) < 4.78 is 12.4. The van der Waals surface area contributed by atoms with Crippen LogP contribution in [0.3, 0.4) is 0 Å². The molecule has 0 aliphatic heterocycles. The van der Waals surface area contributed by atoms with E-state index in [9.17, 15) is 4.39 Å². The van der Waals surface area contributed by atoms with Gasteiger partial charge < -0.3 is 0 Å². The quantitative estimate of drug-likeness (QED) is 0.627. The van der Waals surface area contributed by atoms with Crippen LogP contribution in [0.5, 0.6) is 0 Å². The molecule has 0 aliphatic rings. The molecular formula is C14H21F. The third-order valence-electron chi connectivity index (χ3n) is 2.88. The van der Waals surface area contributed by atoms with E-state index in [-0.39, 0.29) is 6.67 Å². The Balaban J connectivity index is 2.72. The second kappa shape index (κ2) is 6.60. The molecule has 0 radical (unpaired) electrons. The van der Waals surface area contributed by atoms with Gasteiger partial charge in [0.2, 0.25) is 0 Å². The molecule has 1 rings (SSSR count). The van der Waals surface area contributed by atoms with Crippen molar-refractivity contribution in [2.75, 3.05) is 0 Å². The van der Waals surface area contributed by atoms with Crippen LogP contribution in [0.2, 0.25) is 0 Å². The summed E-state index contributed by atoms with van der Waals surface area (Å²) in [7, 11) is 0. The van der Waals surface area contributed by atoms with Gasteiger partial charge in [-0.05, 0) is 29.9 Å². The molecule has 1 aromatic rings. The van der Waals surface area contributed by atoms with E-state index in [0.717, 1.165) is 5.56 Å². The van der Waals surface area contributed by atoms with Crippen molar-refractivity contribution in [2.24, 2.45) is 0 Å². The Labute approximate surface area is 92.5 Å². The highest BCUT2D eigenvalue weighted by Gasteiger charge is 2.09. The minimum Gasteiger partial charge on any atom is -0.246 e. The number of benzene rings is 1. The third-order valence-corrected chi connectivity index (χ3v) is 2.88. The van der Waals surface area contributed by atoms with E-state index in [1.807, 2.05) is 12.1 Å². The van der Waals surface area contributed by atoms with Crippen LogP contribution in [0.25, 0.3) is 0 Å². The zero-order valence-corrected chi connectivity index (χ0v) is 9.80. The summed E-state index contributed by atoms with van der Waals surface area (Å²) in [5, 5.41) is 0. The van der Waals surface area contributed by atoms with Crippen LogP contribution in [0, 0.1) is 0 Å². The summed E-state index contributed by atoms with van der Waals surface area (Å²) in [6, 6.07) is 8.00. The molecular weight excluding hydrogens is 187 g/mol. The summed E-state index contributed by atoms with van der Waals surface area (Å²) in [6.45, 7) is 4.09. The molecule has 0 bridgehead atoms.